The molecule has 0 aliphatic carbocycles. The Labute approximate surface area is 115 Å². The molecule has 0 radical (unpaired) electrons. The Balaban J connectivity index is 2.04. The fraction of sp³-hybridized carbons (Fsp3) is 0.385. The van der Waals surface area contributed by atoms with Crippen LogP contribution in [0.25, 0.3) is 0 Å². The number of nitrogens with zero attached hydrogens (tertiary/aromatic N) is 2. The second-order valence-electron chi connectivity index (χ2n) is 4.65. The Morgan fingerprint density at radius 1 is 1.40 bits per heavy atom. The molecule has 1 aliphatic rings. The van der Waals surface area contributed by atoms with Crippen LogP contribution >= 0.6 is 0 Å². The summed E-state index contributed by atoms with van der Waals surface area (Å²) in [5, 5.41) is 13.9. The van der Waals surface area contributed by atoms with Crippen molar-refractivity contribution in [2.45, 2.75) is 25.4 Å². The molecule has 1 saturated heterocycles. The minimum Gasteiger partial charge on any atom is -0.301 e. The highest BCUT2D eigenvalue weighted by Crippen LogP contribution is 2.18. The molecule has 1 N–H and O–H groups in total. The smallest absolute Gasteiger partial charge is 0.273 e. The van der Waals surface area contributed by atoms with Gasteiger partial charge in [0.25, 0.3) is 5.69 Å². The number of para-hydroxylation sites is 1. The van der Waals surface area contributed by atoms with Gasteiger partial charge in [-0.2, -0.15) is 0 Å². The average Bonchev–Trinajstić information content (AvgIpc) is 2.44. The van der Waals surface area contributed by atoms with Crippen LogP contribution in [0.5, 0.6) is 0 Å². The number of likely N-dealkylation sites (tertiary alicyclic amines) is 1. The van der Waals surface area contributed by atoms with E-state index in [-0.39, 0.29) is 24.0 Å². The number of amides is 2. The van der Waals surface area contributed by atoms with E-state index in [2.05, 4.69) is 5.32 Å². The van der Waals surface area contributed by atoms with Gasteiger partial charge >= 0.3 is 0 Å². The lowest BCUT2D eigenvalue weighted by molar-refractivity contribution is -0.385. The SMILES string of the molecule is CN1C(=O)CCC(NCc2ccccc2[N+](=O)[O-])C1=O. The quantitative estimate of drug-likeness (QED) is 0.500. The number of nitrogens with one attached hydrogen (secondary N) is 1. The van der Waals surface area contributed by atoms with Crippen molar-refractivity contribution in [2.75, 3.05) is 7.05 Å². The number of carbonyl (C=O) groups is 2. The maximum absolute atomic E-state index is 11.9. The van der Waals surface area contributed by atoms with Gasteiger partial charge in [-0.1, -0.05) is 18.2 Å². The number of nitro benzene ring substituents is 1. The molecule has 1 aliphatic heterocycles. The summed E-state index contributed by atoms with van der Waals surface area (Å²) < 4.78 is 0. The second-order valence-corrected chi connectivity index (χ2v) is 4.65. The van der Waals surface area contributed by atoms with Gasteiger partial charge in [-0.25, -0.2) is 0 Å². The van der Waals surface area contributed by atoms with E-state index in [4.69, 9.17) is 0 Å². The molecule has 1 fully saturated rings. The van der Waals surface area contributed by atoms with Crippen molar-refractivity contribution in [2.24, 2.45) is 0 Å². The van der Waals surface area contributed by atoms with Gasteiger partial charge in [0, 0.05) is 31.6 Å². The third kappa shape index (κ3) is 2.83. The zero-order valence-corrected chi connectivity index (χ0v) is 11.0. The standard InChI is InChI=1S/C13H15N3O4/c1-15-12(17)7-6-10(13(15)18)14-8-9-4-2-3-5-11(9)16(19)20/h2-5,10,14H,6-8H2,1H3. The van der Waals surface area contributed by atoms with Crippen molar-refractivity contribution < 1.29 is 14.5 Å². The third-order valence-electron chi connectivity index (χ3n) is 3.38. The summed E-state index contributed by atoms with van der Waals surface area (Å²) >= 11 is 0. The van der Waals surface area contributed by atoms with Gasteiger partial charge in [0.15, 0.2) is 0 Å². The fourth-order valence-corrected chi connectivity index (χ4v) is 2.18. The van der Waals surface area contributed by atoms with Gasteiger partial charge in [-0.15, -0.1) is 0 Å². The van der Waals surface area contributed by atoms with Gasteiger partial charge in [0.2, 0.25) is 11.8 Å². The van der Waals surface area contributed by atoms with Crippen LogP contribution < -0.4 is 5.32 Å². The molecule has 1 heterocycles. The Morgan fingerprint density at radius 2 is 2.10 bits per heavy atom. The number of rotatable bonds is 4. The molecule has 1 unspecified atom stereocenters. The minimum absolute atomic E-state index is 0.0210. The first kappa shape index (κ1) is 14.1. The molecule has 0 aromatic heterocycles. The molecule has 0 bridgehead atoms. The minimum atomic E-state index is -0.475. The van der Waals surface area contributed by atoms with E-state index in [9.17, 15) is 19.7 Å². The van der Waals surface area contributed by atoms with Gasteiger partial charge < -0.3 is 5.32 Å². The molecule has 2 amide bonds. The predicted molar refractivity (Wildman–Crippen MR) is 70.7 cm³/mol. The van der Waals surface area contributed by atoms with Crippen molar-refractivity contribution in [3.63, 3.8) is 0 Å². The summed E-state index contributed by atoms with van der Waals surface area (Å²) in [4.78, 5) is 34.8. The molecule has 7 nitrogen and oxygen atoms in total. The maximum atomic E-state index is 11.9. The number of piperidine rings is 1. The lowest BCUT2D eigenvalue weighted by atomic mass is 10.0. The third-order valence-corrected chi connectivity index (χ3v) is 3.38. The average molecular weight is 277 g/mol. The molecule has 20 heavy (non-hydrogen) atoms. The largest absolute Gasteiger partial charge is 0.301 e. The van der Waals surface area contributed by atoms with E-state index in [1.807, 2.05) is 0 Å². The summed E-state index contributed by atoms with van der Waals surface area (Å²) in [6, 6.07) is 5.91. The van der Waals surface area contributed by atoms with E-state index < -0.39 is 11.0 Å². The molecule has 1 aromatic rings. The van der Waals surface area contributed by atoms with Crippen LogP contribution in [0, 0.1) is 10.1 Å². The topological polar surface area (TPSA) is 92.6 Å². The Bertz CT molecular complexity index is 558. The number of benzene rings is 1. The van der Waals surface area contributed by atoms with Crippen LogP contribution in [-0.4, -0.2) is 34.7 Å². The van der Waals surface area contributed by atoms with Crippen molar-refractivity contribution in [3.8, 4) is 0 Å². The Morgan fingerprint density at radius 3 is 2.80 bits per heavy atom. The van der Waals surface area contributed by atoms with Gasteiger partial charge in [0.05, 0.1) is 11.0 Å². The van der Waals surface area contributed by atoms with Crippen LogP contribution in [0.15, 0.2) is 24.3 Å². The first-order chi connectivity index (χ1) is 9.50. The van der Waals surface area contributed by atoms with Crippen molar-refractivity contribution in [1.82, 2.24) is 10.2 Å². The summed E-state index contributed by atoms with van der Waals surface area (Å²) in [5.74, 6) is -0.487. The molecule has 7 heteroatoms. The summed E-state index contributed by atoms with van der Waals surface area (Å²) in [6.45, 7) is 0.218. The van der Waals surface area contributed by atoms with E-state index in [1.165, 1.54) is 13.1 Å². The van der Waals surface area contributed by atoms with Gasteiger partial charge in [-0.05, 0) is 6.42 Å². The summed E-state index contributed by atoms with van der Waals surface area (Å²) in [5.41, 5.74) is 0.539. The lowest BCUT2D eigenvalue weighted by Gasteiger charge is -2.28. The van der Waals surface area contributed by atoms with Crippen LogP contribution in [-0.2, 0) is 16.1 Å². The number of carbonyl (C=O) groups excluding carboxylic acids is 2. The maximum Gasteiger partial charge on any atom is 0.273 e. The molecule has 0 spiro atoms. The number of nitro groups is 1. The molecule has 106 valence electrons. The fourth-order valence-electron chi connectivity index (χ4n) is 2.18. The number of imide groups is 1. The number of hydrogen-bond donors (Lipinski definition) is 1. The van der Waals surface area contributed by atoms with Crippen molar-refractivity contribution >= 4 is 17.5 Å². The van der Waals surface area contributed by atoms with E-state index in [1.54, 1.807) is 18.2 Å². The number of hydrogen-bond acceptors (Lipinski definition) is 5. The van der Waals surface area contributed by atoms with Crippen LogP contribution in [0.3, 0.4) is 0 Å². The molecule has 1 aromatic carbocycles. The molecular weight excluding hydrogens is 262 g/mol. The molecule has 0 saturated carbocycles. The molecule has 2 rings (SSSR count). The van der Waals surface area contributed by atoms with Gasteiger partial charge in [0.1, 0.15) is 0 Å². The van der Waals surface area contributed by atoms with Crippen LogP contribution in [0.2, 0.25) is 0 Å². The van der Waals surface area contributed by atoms with E-state index >= 15 is 0 Å². The second kappa shape index (κ2) is 5.79. The van der Waals surface area contributed by atoms with E-state index in [0.717, 1.165) is 4.90 Å². The van der Waals surface area contributed by atoms with Crippen LogP contribution in [0.4, 0.5) is 5.69 Å². The Hall–Kier alpha value is -2.28. The highest BCUT2D eigenvalue weighted by Gasteiger charge is 2.31. The first-order valence-electron chi connectivity index (χ1n) is 6.27. The summed E-state index contributed by atoms with van der Waals surface area (Å²) in [7, 11) is 1.45. The van der Waals surface area contributed by atoms with Crippen LogP contribution in [0.1, 0.15) is 18.4 Å². The number of likely N-dealkylation sites (N-methyl/N-ethyl adjacent to an activating group) is 1. The van der Waals surface area contributed by atoms with Crippen molar-refractivity contribution in [1.29, 1.82) is 0 Å². The predicted octanol–water partition coefficient (Wildman–Crippen LogP) is 0.832. The molecular formula is C13H15N3O4. The monoisotopic (exact) mass is 277 g/mol. The Kier molecular flexibility index (Phi) is 4.09. The first-order valence-corrected chi connectivity index (χ1v) is 6.27. The van der Waals surface area contributed by atoms with Gasteiger partial charge in [-0.3, -0.25) is 24.6 Å². The lowest BCUT2D eigenvalue weighted by Crippen LogP contribution is -2.51. The zero-order valence-electron chi connectivity index (χ0n) is 11.0. The zero-order chi connectivity index (χ0) is 14.7. The highest BCUT2D eigenvalue weighted by atomic mass is 16.6. The summed E-state index contributed by atoms with van der Waals surface area (Å²) in [6.07, 6.45) is 0.722. The van der Waals surface area contributed by atoms with Crippen molar-refractivity contribution in [3.05, 3.63) is 39.9 Å². The normalized spacial score (nSPS) is 19.2. The molecule has 1 atom stereocenters. The highest BCUT2D eigenvalue weighted by molar-refractivity contribution is 6.00. The van der Waals surface area contributed by atoms with E-state index in [0.29, 0.717) is 18.4 Å².